The minimum Gasteiger partial charge on any atom is -0.494 e. The van der Waals surface area contributed by atoms with Crippen LogP contribution in [0.5, 0.6) is 5.75 Å². The SMILES string of the molecule is O=C(c1ccc(OCCCN2CC3CC2CN3C(=O)C2CC2)cc1)C1CC1. The van der Waals surface area contributed by atoms with Crippen LogP contribution in [0.25, 0.3) is 0 Å². The van der Waals surface area contributed by atoms with Gasteiger partial charge in [-0.15, -0.1) is 0 Å². The van der Waals surface area contributed by atoms with E-state index in [1.165, 1.54) is 0 Å². The lowest BCUT2D eigenvalue weighted by Crippen LogP contribution is -2.49. The number of piperazine rings is 1. The molecule has 2 heterocycles. The molecule has 2 unspecified atom stereocenters. The highest BCUT2D eigenvalue weighted by atomic mass is 16.5. The fourth-order valence-electron chi connectivity index (χ4n) is 4.61. The number of amides is 1. The molecular formula is C22H28N2O3. The van der Waals surface area contributed by atoms with E-state index >= 15 is 0 Å². The van der Waals surface area contributed by atoms with Crippen LogP contribution in [0.2, 0.25) is 0 Å². The van der Waals surface area contributed by atoms with Crippen LogP contribution in [0.4, 0.5) is 0 Å². The van der Waals surface area contributed by atoms with Crippen molar-refractivity contribution in [2.24, 2.45) is 11.8 Å². The molecule has 0 spiro atoms. The smallest absolute Gasteiger partial charge is 0.226 e. The van der Waals surface area contributed by atoms with E-state index in [1.54, 1.807) is 0 Å². The van der Waals surface area contributed by atoms with Crippen molar-refractivity contribution in [1.82, 2.24) is 9.80 Å². The second-order valence-electron chi connectivity index (χ2n) is 8.67. The van der Waals surface area contributed by atoms with Crippen molar-refractivity contribution in [3.63, 3.8) is 0 Å². The summed E-state index contributed by atoms with van der Waals surface area (Å²) in [5, 5.41) is 0. The summed E-state index contributed by atoms with van der Waals surface area (Å²) in [5.74, 6) is 2.14. The topological polar surface area (TPSA) is 49.9 Å². The molecule has 0 radical (unpaired) electrons. The van der Waals surface area contributed by atoms with Crippen LogP contribution in [0.3, 0.4) is 0 Å². The summed E-state index contributed by atoms with van der Waals surface area (Å²) in [6, 6.07) is 8.59. The molecule has 4 fully saturated rings. The number of Topliss-reactive ketones (excluding diaryl/α,β-unsaturated/α-hetero) is 1. The standard InChI is InChI=1S/C22H28N2O3/c25-21(15-2-3-15)16-6-8-20(9-7-16)27-11-1-10-23-13-19-12-18(23)14-24(19)22(26)17-4-5-17/h6-9,15,17-19H,1-5,10-14H2. The molecule has 5 rings (SSSR count). The zero-order valence-corrected chi connectivity index (χ0v) is 15.8. The Bertz CT molecular complexity index is 724. The summed E-state index contributed by atoms with van der Waals surface area (Å²) in [6.07, 6.45) is 6.43. The number of likely N-dealkylation sites (tertiary alicyclic amines) is 2. The second kappa shape index (κ2) is 6.93. The van der Waals surface area contributed by atoms with Crippen molar-refractivity contribution in [1.29, 1.82) is 0 Å². The van der Waals surface area contributed by atoms with Gasteiger partial charge in [0.25, 0.3) is 0 Å². The molecule has 5 heteroatoms. The highest BCUT2D eigenvalue weighted by Gasteiger charge is 2.47. The Hall–Kier alpha value is -1.88. The molecule has 2 atom stereocenters. The van der Waals surface area contributed by atoms with Crippen molar-refractivity contribution >= 4 is 11.7 Å². The van der Waals surface area contributed by atoms with E-state index in [-0.39, 0.29) is 11.7 Å². The summed E-state index contributed by atoms with van der Waals surface area (Å²) in [7, 11) is 0. The molecule has 1 aromatic rings. The van der Waals surface area contributed by atoms with Crippen LogP contribution in [-0.4, -0.2) is 59.8 Å². The maximum atomic E-state index is 12.3. The van der Waals surface area contributed by atoms with Crippen LogP contribution in [0, 0.1) is 11.8 Å². The Kier molecular flexibility index (Phi) is 4.43. The monoisotopic (exact) mass is 368 g/mol. The Morgan fingerprint density at radius 1 is 0.963 bits per heavy atom. The van der Waals surface area contributed by atoms with Gasteiger partial charge in [-0.25, -0.2) is 0 Å². The molecule has 27 heavy (non-hydrogen) atoms. The molecule has 0 aromatic heterocycles. The van der Waals surface area contributed by atoms with Gasteiger partial charge in [0.05, 0.1) is 6.61 Å². The number of rotatable bonds is 8. The number of ketones is 1. The number of fused-ring (bicyclic) bond motifs is 2. The summed E-state index contributed by atoms with van der Waals surface area (Å²) >= 11 is 0. The van der Waals surface area contributed by atoms with E-state index in [9.17, 15) is 9.59 Å². The molecule has 1 aromatic carbocycles. The third kappa shape index (κ3) is 3.62. The molecule has 2 aliphatic heterocycles. The molecule has 2 aliphatic carbocycles. The Morgan fingerprint density at radius 3 is 2.33 bits per heavy atom. The van der Waals surface area contributed by atoms with Crippen LogP contribution in [0.1, 0.15) is 48.9 Å². The van der Waals surface area contributed by atoms with Crippen LogP contribution in [-0.2, 0) is 4.79 Å². The summed E-state index contributed by atoms with van der Waals surface area (Å²) in [6.45, 7) is 3.68. The Morgan fingerprint density at radius 2 is 1.70 bits per heavy atom. The predicted molar refractivity (Wildman–Crippen MR) is 102 cm³/mol. The Balaban J connectivity index is 1.03. The number of benzene rings is 1. The summed E-state index contributed by atoms with van der Waals surface area (Å²) in [4.78, 5) is 29.0. The first-order valence-corrected chi connectivity index (χ1v) is 10.5. The van der Waals surface area contributed by atoms with Crippen molar-refractivity contribution in [2.75, 3.05) is 26.2 Å². The van der Waals surface area contributed by atoms with E-state index in [1.807, 2.05) is 24.3 Å². The van der Waals surface area contributed by atoms with Crippen molar-refractivity contribution in [3.8, 4) is 5.75 Å². The molecule has 1 amide bonds. The Labute approximate surface area is 160 Å². The molecule has 2 saturated heterocycles. The van der Waals surface area contributed by atoms with Gasteiger partial charge in [-0.1, -0.05) is 0 Å². The minimum atomic E-state index is 0.267. The summed E-state index contributed by atoms with van der Waals surface area (Å²) < 4.78 is 5.85. The van der Waals surface area contributed by atoms with Crippen LogP contribution in [0.15, 0.2) is 24.3 Å². The second-order valence-corrected chi connectivity index (χ2v) is 8.67. The maximum absolute atomic E-state index is 12.3. The van der Waals surface area contributed by atoms with E-state index in [2.05, 4.69) is 9.80 Å². The van der Waals surface area contributed by atoms with Crippen molar-refractivity contribution in [2.45, 2.75) is 50.6 Å². The predicted octanol–water partition coefficient (Wildman–Crippen LogP) is 2.74. The third-order valence-electron chi connectivity index (χ3n) is 6.51. The molecule has 4 aliphatic rings. The molecule has 0 N–H and O–H groups in total. The number of carbonyl (C=O) groups excluding carboxylic acids is 2. The molecule has 2 saturated carbocycles. The van der Waals surface area contributed by atoms with Crippen molar-refractivity contribution in [3.05, 3.63) is 29.8 Å². The van der Waals surface area contributed by atoms with Crippen LogP contribution < -0.4 is 4.74 Å². The minimum absolute atomic E-state index is 0.267. The zero-order chi connectivity index (χ0) is 18.4. The highest BCUT2D eigenvalue weighted by molar-refractivity contribution is 5.99. The molecule has 2 bridgehead atoms. The fourth-order valence-corrected chi connectivity index (χ4v) is 4.61. The molecular weight excluding hydrogens is 340 g/mol. The van der Waals surface area contributed by atoms with Gasteiger partial charge in [0, 0.05) is 49.1 Å². The lowest BCUT2D eigenvalue weighted by Gasteiger charge is -2.34. The molecule has 144 valence electrons. The maximum Gasteiger partial charge on any atom is 0.226 e. The first kappa shape index (κ1) is 17.2. The van der Waals surface area contributed by atoms with Gasteiger partial charge in [-0.05, 0) is 62.8 Å². The summed E-state index contributed by atoms with van der Waals surface area (Å²) in [5.41, 5.74) is 0.809. The third-order valence-corrected chi connectivity index (χ3v) is 6.51. The zero-order valence-electron chi connectivity index (χ0n) is 15.8. The van der Waals surface area contributed by atoms with Gasteiger partial charge < -0.3 is 9.64 Å². The van der Waals surface area contributed by atoms with E-state index in [4.69, 9.17) is 4.74 Å². The quantitative estimate of drug-likeness (QED) is 0.523. The number of hydrogen-bond donors (Lipinski definition) is 0. The normalized spacial score (nSPS) is 27.2. The van der Waals surface area contributed by atoms with Gasteiger partial charge in [0.15, 0.2) is 5.78 Å². The number of nitrogens with zero attached hydrogens (tertiary/aromatic N) is 2. The van der Waals surface area contributed by atoms with E-state index in [0.29, 0.717) is 30.5 Å². The average Bonchev–Trinajstić information content (AvgIpc) is 3.62. The van der Waals surface area contributed by atoms with Gasteiger partial charge in [-0.3, -0.25) is 14.5 Å². The number of carbonyl (C=O) groups is 2. The number of hydrogen-bond acceptors (Lipinski definition) is 4. The first-order chi connectivity index (χ1) is 13.2. The van der Waals surface area contributed by atoms with E-state index in [0.717, 1.165) is 69.5 Å². The number of ether oxygens (including phenoxy) is 1. The lowest BCUT2D eigenvalue weighted by molar-refractivity contribution is -0.134. The van der Waals surface area contributed by atoms with Crippen molar-refractivity contribution < 1.29 is 14.3 Å². The van der Waals surface area contributed by atoms with Gasteiger partial charge >= 0.3 is 0 Å². The largest absolute Gasteiger partial charge is 0.494 e. The van der Waals surface area contributed by atoms with Gasteiger partial charge in [0.2, 0.25) is 5.91 Å². The van der Waals surface area contributed by atoms with Gasteiger partial charge in [0.1, 0.15) is 5.75 Å². The average molecular weight is 368 g/mol. The molecule has 5 nitrogen and oxygen atoms in total. The highest BCUT2D eigenvalue weighted by Crippen LogP contribution is 2.37. The fraction of sp³-hybridized carbons (Fsp3) is 0.636. The van der Waals surface area contributed by atoms with E-state index < -0.39 is 0 Å². The lowest BCUT2D eigenvalue weighted by atomic mass is 10.1. The van der Waals surface area contributed by atoms with Gasteiger partial charge in [-0.2, -0.15) is 0 Å². The first-order valence-electron chi connectivity index (χ1n) is 10.5. The van der Waals surface area contributed by atoms with Crippen LogP contribution >= 0.6 is 0 Å².